The standard InChI is InChI=1S/C14H10N4/c1-2-6-11(7-3-1)12-10-16-18-17-14(12)13-8-4-5-9-15-13/h1-10H. The number of rotatable bonds is 2. The van der Waals surface area contributed by atoms with Crippen LogP contribution in [-0.2, 0) is 0 Å². The molecule has 0 saturated carbocycles. The monoisotopic (exact) mass is 234 g/mol. The van der Waals surface area contributed by atoms with Crippen LogP contribution in [0.25, 0.3) is 22.5 Å². The minimum absolute atomic E-state index is 0.747. The topological polar surface area (TPSA) is 51.6 Å². The van der Waals surface area contributed by atoms with E-state index in [1.807, 2.05) is 48.5 Å². The van der Waals surface area contributed by atoms with Gasteiger partial charge in [0.15, 0.2) is 0 Å². The Morgan fingerprint density at radius 2 is 1.67 bits per heavy atom. The van der Waals surface area contributed by atoms with E-state index in [2.05, 4.69) is 20.4 Å². The van der Waals surface area contributed by atoms with Crippen molar-refractivity contribution in [3.05, 3.63) is 60.9 Å². The van der Waals surface area contributed by atoms with Crippen molar-refractivity contribution >= 4 is 0 Å². The zero-order chi connectivity index (χ0) is 12.2. The lowest BCUT2D eigenvalue weighted by molar-refractivity contribution is 0.870. The average molecular weight is 234 g/mol. The molecule has 3 rings (SSSR count). The molecule has 4 heteroatoms. The average Bonchev–Trinajstić information content (AvgIpc) is 2.49. The van der Waals surface area contributed by atoms with Crippen LogP contribution in [0.1, 0.15) is 0 Å². The fourth-order valence-electron chi connectivity index (χ4n) is 1.79. The third-order valence-electron chi connectivity index (χ3n) is 2.63. The molecular weight excluding hydrogens is 224 g/mol. The van der Waals surface area contributed by atoms with Crippen molar-refractivity contribution in [3.63, 3.8) is 0 Å². The highest BCUT2D eigenvalue weighted by atomic mass is 15.3. The van der Waals surface area contributed by atoms with Gasteiger partial charge in [-0.3, -0.25) is 4.98 Å². The summed E-state index contributed by atoms with van der Waals surface area (Å²) in [5, 5.41) is 11.7. The highest BCUT2D eigenvalue weighted by Crippen LogP contribution is 2.27. The summed E-state index contributed by atoms with van der Waals surface area (Å²) >= 11 is 0. The Bertz CT molecular complexity index is 580. The molecule has 4 nitrogen and oxygen atoms in total. The van der Waals surface area contributed by atoms with Crippen molar-refractivity contribution < 1.29 is 0 Å². The van der Waals surface area contributed by atoms with E-state index in [1.54, 1.807) is 12.4 Å². The van der Waals surface area contributed by atoms with Crippen LogP contribution in [0.4, 0.5) is 0 Å². The van der Waals surface area contributed by atoms with E-state index in [9.17, 15) is 0 Å². The largest absolute Gasteiger partial charge is 0.255 e. The smallest absolute Gasteiger partial charge is 0.123 e. The van der Waals surface area contributed by atoms with Gasteiger partial charge in [0, 0.05) is 11.8 Å². The highest BCUT2D eigenvalue weighted by molar-refractivity contribution is 5.77. The third kappa shape index (κ3) is 1.96. The van der Waals surface area contributed by atoms with Crippen molar-refractivity contribution in [3.8, 4) is 22.5 Å². The number of aromatic nitrogens is 4. The molecule has 2 heterocycles. The maximum absolute atomic E-state index is 4.30. The van der Waals surface area contributed by atoms with Crippen molar-refractivity contribution in [2.45, 2.75) is 0 Å². The maximum Gasteiger partial charge on any atom is 0.123 e. The van der Waals surface area contributed by atoms with E-state index in [4.69, 9.17) is 0 Å². The summed E-state index contributed by atoms with van der Waals surface area (Å²) in [6.45, 7) is 0. The molecule has 18 heavy (non-hydrogen) atoms. The van der Waals surface area contributed by atoms with Crippen LogP contribution in [0.5, 0.6) is 0 Å². The van der Waals surface area contributed by atoms with Crippen LogP contribution in [0.3, 0.4) is 0 Å². The van der Waals surface area contributed by atoms with Gasteiger partial charge in [-0.05, 0) is 22.9 Å². The molecule has 3 aromatic rings. The summed E-state index contributed by atoms with van der Waals surface area (Å²) in [5.41, 5.74) is 3.54. The van der Waals surface area contributed by atoms with Crippen molar-refractivity contribution in [1.82, 2.24) is 20.4 Å². The van der Waals surface area contributed by atoms with Crippen molar-refractivity contribution in [1.29, 1.82) is 0 Å². The molecule has 86 valence electrons. The Kier molecular flexibility index (Phi) is 2.75. The lowest BCUT2D eigenvalue weighted by Gasteiger charge is -2.05. The summed E-state index contributed by atoms with van der Waals surface area (Å²) < 4.78 is 0. The maximum atomic E-state index is 4.30. The number of benzene rings is 1. The van der Waals surface area contributed by atoms with Crippen LogP contribution < -0.4 is 0 Å². The predicted molar refractivity (Wildman–Crippen MR) is 68.5 cm³/mol. The van der Waals surface area contributed by atoms with E-state index in [-0.39, 0.29) is 0 Å². The Morgan fingerprint density at radius 1 is 0.833 bits per heavy atom. The van der Waals surface area contributed by atoms with Gasteiger partial charge < -0.3 is 0 Å². The first-order valence-corrected chi connectivity index (χ1v) is 5.60. The second-order valence-electron chi connectivity index (χ2n) is 3.78. The van der Waals surface area contributed by atoms with E-state index >= 15 is 0 Å². The zero-order valence-electron chi connectivity index (χ0n) is 9.56. The van der Waals surface area contributed by atoms with Crippen LogP contribution in [0.15, 0.2) is 60.9 Å². The molecule has 0 atom stereocenters. The van der Waals surface area contributed by atoms with Gasteiger partial charge in [0.25, 0.3) is 0 Å². The Hall–Kier alpha value is -2.62. The van der Waals surface area contributed by atoms with Gasteiger partial charge in [-0.1, -0.05) is 36.4 Å². The molecule has 0 unspecified atom stereocenters. The molecule has 0 saturated heterocycles. The fraction of sp³-hybridized carbons (Fsp3) is 0. The van der Waals surface area contributed by atoms with Gasteiger partial charge in [-0.15, -0.1) is 10.2 Å². The van der Waals surface area contributed by atoms with E-state index in [1.165, 1.54) is 0 Å². The van der Waals surface area contributed by atoms with E-state index in [0.29, 0.717) is 0 Å². The summed E-state index contributed by atoms with van der Waals surface area (Å²) in [5.74, 6) is 0. The molecule has 0 fully saturated rings. The molecule has 2 aromatic heterocycles. The van der Waals surface area contributed by atoms with Gasteiger partial charge in [0.2, 0.25) is 0 Å². The van der Waals surface area contributed by atoms with Crippen LogP contribution in [-0.4, -0.2) is 20.4 Å². The van der Waals surface area contributed by atoms with Crippen molar-refractivity contribution in [2.24, 2.45) is 0 Å². The molecular formula is C14H10N4. The van der Waals surface area contributed by atoms with E-state index < -0.39 is 0 Å². The summed E-state index contributed by atoms with van der Waals surface area (Å²) in [6.07, 6.45) is 3.46. The molecule has 0 radical (unpaired) electrons. The van der Waals surface area contributed by atoms with Gasteiger partial charge in [0.1, 0.15) is 5.69 Å². The first-order chi connectivity index (χ1) is 8.95. The summed E-state index contributed by atoms with van der Waals surface area (Å²) in [4.78, 5) is 4.30. The number of hydrogen-bond acceptors (Lipinski definition) is 4. The summed E-state index contributed by atoms with van der Waals surface area (Å²) in [7, 11) is 0. The first kappa shape index (κ1) is 10.5. The Balaban J connectivity index is 2.18. The molecule has 0 bridgehead atoms. The Morgan fingerprint density at radius 3 is 2.44 bits per heavy atom. The number of pyridine rings is 1. The highest BCUT2D eigenvalue weighted by Gasteiger charge is 2.10. The zero-order valence-corrected chi connectivity index (χ0v) is 9.56. The molecule has 0 aliphatic carbocycles. The second kappa shape index (κ2) is 4.71. The lowest BCUT2D eigenvalue weighted by Crippen LogP contribution is -1.95. The van der Waals surface area contributed by atoms with Crippen LogP contribution >= 0.6 is 0 Å². The van der Waals surface area contributed by atoms with E-state index in [0.717, 1.165) is 22.5 Å². The Labute approximate surface area is 104 Å². The van der Waals surface area contributed by atoms with Crippen molar-refractivity contribution in [2.75, 3.05) is 0 Å². The second-order valence-corrected chi connectivity index (χ2v) is 3.78. The van der Waals surface area contributed by atoms with Crippen LogP contribution in [0.2, 0.25) is 0 Å². The minimum atomic E-state index is 0.747. The van der Waals surface area contributed by atoms with Crippen LogP contribution in [0, 0.1) is 0 Å². The third-order valence-corrected chi connectivity index (χ3v) is 2.63. The molecule has 0 N–H and O–H groups in total. The minimum Gasteiger partial charge on any atom is -0.255 e. The molecule has 0 amide bonds. The number of nitrogens with zero attached hydrogens (tertiary/aromatic N) is 4. The predicted octanol–water partition coefficient (Wildman–Crippen LogP) is 2.60. The van der Waals surface area contributed by atoms with Gasteiger partial charge in [-0.2, -0.15) is 0 Å². The quantitative estimate of drug-likeness (QED) is 0.684. The van der Waals surface area contributed by atoms with Gasteiger partial charge in [0.05, 0.1) is 11.9 Å². The number of hydrogen-bond donors (Lipinski definition) is 0. The van der Waals surface area contributed by atoms with Gasteiger partial charge in [-0.25, -0.2) is 0 Å². The van der Waals surface area contributed by atoms with Gasteiger partial charge >= 0.3 is 0 Å². The fourth-order valence-corrected chi connectivity index (χ4v) is 1.79. The normalized spacial score (nSPS) is 10.2. The molecule has 0 aliphatic heterocycles. The SMILES string of the molecule is c1ccc(-c2cnnnc2-c2ccccn2)cc1. The first-order valence-electron chi connectivity index (χ1n) is 5.60. The molecule has 0 aliphatic rings. The summed E-state index contributed by atoms with van der Waals surface area (Å²) in [6, 6.07) is 15.7. The lowest BCUT2D eigenvalue weighted by atomic mass is 10.0. The molecule has 0 spiro atoms. The molecule has 1 aromatic carbocycles.